The molecule has 2 aromatic carbocycles. The number of esters is 1. The molecule has 0 aliphatic carbocycles. The van der Waals surface area contributed by atoms with Gasteiger partial charge in [0.2, 0.25) is 0 Å². The SMILES string of the molecule is COc1ccc(CCC(=O)O)cc1C(=O)OCc1ccccc1. The first-order valence-corrected chi connectivity index (χ1v) is 7.20. The summed E-state index contributed by atoms with van der Waals surface area (Å²) in [7, 11) is 1.47. The molecular weight excluding hydrogens is 296 g/mol. The van der Waals surface area contributed by atoms with Gasteiger partial charge in [0.15, 0.2) is 0 Å². The van der Waals surface area contributed by atoms with Crippen LogP contribution in [-0.2, 0) is 22.6 Å². The first-order chi connectivity index (χ1) is 11.1. The van der Waals surface area contributed by atoms with Crippen LogP contribution in [0.1, 0.15) is 27.9 Å². The highest BCUT2D eigenvalue weighted by Gasteiger charge is 2.15. The topological polar surface area (TPSA) is 72.8 Å². The molecule has 1 N–H and O–H groups in total. The summed E-state index contributed by atoms with van der Waals surface area (Å²) in [5, 5.41) is 8.75. The van der Waals surface area contributed by atoms with E-state index in [1.54, 1.807) is 18.2 Å². The molecule has 0 radical (unpaired) electrons. The predicted octanol–water partition coefficient (Wildman–Crippen LogP) is 3.07. The number of benzene rings is 2. The van der Waals surface area contributed by atoms with Gasteiger partial charge in [0.25, 0.3) is 0 Å². The summed E-state index contributed by atoms with van der Waals surface area (Å²) in [6, 6.07) is 14.4. The molecule has 0 aromatic heterocycles. The Bertz CT molecular complexity index is 679. The molecule has 0 saturated heterocycles. The Hall–Kier alpha value is -2.82. The van der Waals surface area contributed by atoms with Crippen molar-refractivity contribution in [3.05, 3.63) is 65.2 Å². The summed E-state index contributed by atoms with van der Waals surface area (Å²) in [6.45, 7) is 0.169. The van der Waals surface area contributed by atoms with E-state index < -0.39 is 11.9 Å². The number of hydrogen-bond donors (Lipinski definition) is 1. The molecular formula is C18H18O5. The number of aryl methyl sites for hydroxylation is 1. The van der Waals surface area contributed by atoms with Crippen molar-refractivity contribution in [1.82, 2.24) is 0 Å². The normalized spacial score (nSPS) is 10.1. The van der Waals surface area contributed by atoms with Crippen LogP contribution >= 0.6 is 0 Å². The zero-order valence-electron chi connectivity index (χ0n) is 12.8. The Kier molecular flexibility index (Phi) is 5.74. The number of ether oxygens (including phenoxy) is 2. The second-order valence-corrected chi connectivity index (χ2v) is 4.99. The number of carboxylic acid groups (broad SMARTS) is 1. The van der Waals surface area contributed by atoms with E-state index in [1.165, 1.54) is 7.11 Å². The Balaban J connectivity index is 2.10. The number of aliphatic carboxylic acids is 1. The van der Waals surface area contributed by atoms with Crippen LogP contribution in [0.25, 0.3) is 0 Å². The Morgan fingerprint density at radius 2 is 1.78 bits per heavy atom. The molecule has 2 rings (SSSR count). The van der Waals surface area contributed by atoms with Crippen molar-refractivity contribution < 1.29 is 24.2 Å². The molecule has 0 fully saturated rings. The van der Waals surface area contributed by atoms with Gasteiger partial charge in [-0.2, -0.15) is 0 Å². The highest BCUT2D eigenvalue weighted by molar-refractivity contribution is 5.92. The number of hydrogen-bond acceptors (Lipinski definition) is 4. The molecule has 5 heteroatoms. The van der Waals surface area contributed by atoms with Gasteiger partial charge in [-0.3, -0.25) is 4.79 Å². The number of carbonyl (C=O) groups excluding carboxylic acids is 1. The average Bonchev–Trinajstić information content (AvgIpc) is 2.58. The summed E-state index contributed by atoms with van der Waals surface area (Å²) in [4.78, 5) is 22.9. The van der Waals surface area contributed by atoms with E-state index in [1.807, 2.05) is 30.3 Å². The summed E-state index contributed by atoms with van der Waals surface area (Å²) >= 11 is 0. The smallest absolute Gasteiger partial charge is 0.342 e. The van der Waals surface area contributed by atoms with Crippen molar-refractivity contribution in [2.24, 2.45) is 0 Å². The minimum Gasteiger partial charge on any atom is -0.496 e. The molecule has 23 heavy (non-hydrogen) atoms. The number of carbonyl (C=O) groups is 2. The zero-order chi connectivity index (χ0) is 16.7. The van der Waals surface area contributed by atoms with Crippen molar-refractivity contribution in [2.45, 2.75) is 19.4 Å². The molecule has 0 atom stereocenters. The first kappa shape index (κ1) is 16.5. The lowest BCUT2D eigenvalue weighted by Gasteiger charge is -2.10. The lowest BCUT2D eigenvalue weighted by Crippen LogP contribution is -2.08. The molecule has 0 saturated carbocycles. The lowest BCUT2D eigenvalue weighted by atomic mass is 10.1. The molecule has 0 amide bonds. The lowest BCUT2D eigenvalue weighted by molar-refractivity contribution is -0.136. The fraction of sp³-hybridized carbons (Fsp3) is 0.222. The van der Waals surface area contributed by atoms with Crippen LogP contribution in [0.15, 0.2) is 48.5 Å². The fourth-order valence-electron chi connectivity index (χ4n) is 2.12. The molecule has 0 heterocycles. The van der Waals surface area contributed by atoms with E-state index >= 15 is 0 Å². The summed E-state index contributed by atoms with van der Waals surface area (Å²) < 4.78 is 10.5. The van der Waals surface area contributed by atoms with Crippen LogP contribution in [0.2, 0.25) is 0 Å². The molecule has 2 aromatic rings. The molecule has 0 spiro atoms. The van der Waals surface area contributed by atoms with Gasteiger partial charge in [0, 0.05) is 6.42 Å². The third kappa shape index (κ3) is 4.85. The largest absolute Gasteiger partial charge is 0.496 e. The maximum atomic E-state index is 12.3. The van der Waals surface area contributed by atoms with E-state index in [4.69, 9.17) is 14.6 Å². The second kappa shape index (κ2) is 7.98. The molecule has 0 unspecified atom stereocenters. The van der Waals surface area contributed by atoms with Gasteiger partial charge in [0.05, 0.1) is 7.11 Å². The first-order valence-electron chi connectivity index (χ1n) is 7.20. The van der Waals surface area contributed by atoms with Crippen LogP contribution in [0.5, 0.6) is 5.75 Å². The standard InChI is InChI=1S/C18H18O5/c1-22-16-9-7-13(8-10-17(19)20)11-15(16)18(21)23-12-14-5-3-2-4-6-14/h2-7,9,11H,8,10,12H2,1H3,(H,19,20). The van der Waals surface area contributed by atoms with Gasteiger partial charge in [-0.1, -0.05) is 36.4 Å². The molecule has 120 valence electrons. The average molecular weight is 314 g/mol. The van der Waals surface area contributed by atoms with E-state index in [9.17, 15) is 9.59 Å². The maximum absolute atomic E-state index is 12.3. The van der Waals surface area contributed by atoms with Crippen molar-refractivity contribution in [2.75, 3.05) is 7.11 Å². The van der Waals surface area contributed by atoms with Crippen LogP contribution < -0.4 is 4.74 Å². The predicted molar refractivity (Wildman–Crippen MR) is 84.5 cm³/mol. The van der Waals surface area contributed by atoms with Gasteiger partial charge >= 0.3 is 11.9 Å². The zero-order valence-corrected chi connectivity index (χ0v) is 12.8. The second-order valence-electron chi connectivity index (χ2n) is 4.99. The van der Waals surface area contributed by atoms with Gasteiger partial charge < -0.3 is 14.6 Å². The Morgan fingerprint density at radius 3 is 2.43 bits per heavy atom. The highest BCUT2D eigenvalue weighted by Crippen LogP contribution is 2.22. The summed E-state index contributed by atoms with van der Waals surface area (Å²) in [6.07, 6.45) is 0.350. The van der Waals surface area contributed by atoms with Crippen LogP contribution in [0.4, 0.5) is 0 Å². The van der Waals surface area contributed by atoms with Gasteiger partial charge in [-0.05, 0) is 29.7 Å². The van der Waals surface area contributed by atoms with Crippen molar-refractivity contribution in [1.29, 1.82) is 0 Å². The quantitative estimate of drug-likeness (QED) is 0.795. The summed E-state index contributed by atoms with van der Waals surface area (Å²) in [5.41, 5.74) is 1.94. The summed E-state index contributed by atoms with van der Waals surface area (Å²) in [5.74, 6) is -0.973. The van der Waals surface area contributed by atoms with Gasteiger partial charge in [-0.15, -0.1) is 0 Å². The number of rotatable bonds is 7. The maximum Gasteiger partial charge on any atom is 0.342 e. The van der Waals surface area contributed by atoms with E-state index in [2.05, 4.69) is 0 Å². The Labute approximate surface area is 134 Å². The van der Waals surface area contributed by atoms with Gasteiger partial charge in [0.1, 0.15) is 17.9 Å². The molecule has 0 bridgehead atoms. The van der Waals surface area contributed by atoms with Crippen molar-refractivity contribution >= 4 is 11.9 Å². The highest BCUT2D eigenvalue weighted by atomic mass is 16.5. The van der Waals surface area contributed by atoms with Crippen molar-refractivity contribution in [3.8, 4) is 5.75 Å². The fourth-order valence-corrected chi connectivity index (χ4v) is 2.12. The minimum absolute atomic E-state index is 0.00479. The number of methoxy groups -OCH3 is 1. The van der Waals surface area contributed by atoms with E-state index in [0.717, 1.165) is 11.1 Å². The monoisotopic (exact) mass is 314 g/mol. The van der Waals surface area contributed by atoms with Crippen LogP contribution in [-0.4, -0.2) is 24.2 Å². The van der Waals surface area contributed by atoms with Crippen LogP contribution in [0, 0.1) is 0 Å². The third-order valence-corrected chi connectivity index (χ3v) is 3.32. The van der Waals surface area contributed by atoms with E-state index in [-0.39, 0.29) is 13.0 Å². The van der Waals surface area contributed by atoms with Gasteiger partial charge in [-0.25, -0.2) is 4.79 Å². The van der Waals surface area contributed by atoms with Crippen molar-refractivity contribution in [3.63, 3.8) is 0 Å². The van der Waals surface area contributed by atoms with E-state index in [0.29, 0.717) is 17.7 Å². The molecule has 0 aliphatic heterocycles. The third-order valence-electron chi connectivity index (χ3n) is 3.32. The molecule has 5 nitrogen and oxygen atoms in total. The molecule has 0 aliphatic rings. The minimum atomic E-state index is -0.881. The Morgan fingerprint density at radius 1 is 1.04 bits per heavy atom. The van der Waals surface area contributed by atoms with Crippen LogP contribution in [0.3, 0.4) is 0 Å². The number of carboxylic acids is 1.